The number of carbonyl (C=O) groups excluding carboxylic acids is 2. The van der Waals surface area contributed by atoms with Gasteiger partial charge in [-0.05, 0) is 47.3 Å². The summed E-state index contributed by atoms with van der Waals surface area (Å²) in [5, 5.41) is 0. The lowest BCUT2D eigenvalue weighted by atomic mass is 10.1. The summed E-state index contributed by atoms with van der Waals surface area (Å²) in [6.07, 6.45) is 3.13. The van der Waals surface area contributed by atoms with Crippen molar-refractivity contribution in [1.82, 2.24) is 0 Å². The van der Waals surface area contributed by atoms with Crippen molar-refractivity contribution in [2.24, 2.45) is 0 Å². The summed E-state index contributed by atoms with van der Waals surface area (Å²) in [6, 6.07) is 5.44. The molecule has 3 rings (SSSR count). The summed E-state index contributed by atoms with van der Waals surface area (Å²) in [5.41, 5.74) is 1.20. The fourth-order valence-corrected chi connectivity index (χ4v) is 3.20. The predicted molar refractivity (Wildman–Crippen MR) is 74.4 cm³/mol. The van der Waals surface area contributed by atoms with Gasteiger partial charge >= 0.3 is 0 Å². The van der Waals surface area contributed by atoms with E-state index in [0.29, 0.717) is 22.3 Å². The summed E-state index contributed by atoms with van der Waals surface area (Å²) in [4.78, 5) is 25.6. The molecule has 1 unspecified atom stereocenters. The summed E-state index contributed by atoms with van der Waals surface area (Å²) in [6.45, 7) is 1.35. The Hall–Kier alpha value is -1.20. The van der Waals surface area contributed by atoms with Crippen molar-refractivity contribution in [3.05, 3.63) is 28.2 Å². The van der Waals surface area contributed by atoms with Gasteiger partial charge in [-0.3, -0.25) is 9.59 Å². The lowest BCUT2D eigenvalue weighted by Gasteiger charge is -2.18. The molecule has 100 valence electrons. The van der Waals surface area contributed by atoms with Crippen molar-refractivity contribution in [2.75, 3.05) is 18.1 Å². The van der Waals surface area contributed by atoms with Crippen LogP contribution in [0.25, 0.3) is 0 Å². The van der Waals surface area contributed by atoms with E-state index < -0.39 is 11.7 Å². The number of rotatable bonds is 3. The van der Waals surface area contributed by atoms with Crippen molar-refractivity contribution in [1.29, 1.82) is 0 Å². The minimum absolute atomic E-state index is 0.221. The van der Waals surface area contributed by atoms with Crippen molar-refractivity contribution in [2.45, 2.75) is 25.4 Å². The van der Waals surface area contributed by atoms with Gasteiger partial charge in [-0.25, -0.2) is 0 Å². The van der Waals surface area contributed by atoms with Gasteiger partial charge in [0.25, 0.3) is 11.7 Å². The van der Waals surface area contributed by atoms with E-state index in [0.717, 1.165) is 25.9 Å². The van der Waals surface area contributed by atoms with Crippen LogP contribution in [0.1, 0.15) is 29.6 Å². The number of nitrogens with zero attached hydrogens (tertiary/aromatic N) is 1. The third-order valence-electron chi connectivity index (χ3n) is 3.65. The quantitative estimate of drug-likeness (QED) is 0.803. The maximum Gasteiger partial charge on any atom is 0.299 e. The van der Waals surface area contributed by atoms with Gasteiger partial charge in [0.1, 0.15) is 0 Å². The van der Waals surface area contributed by atoms with Gasteiger partial charge in [0.2, 0.25) is 0 Å². The van der Waals surface area contributed by atoms with E-state index in [4.69, 9.17) is 4.74 Å². The molecule has 1 amide bonds. The molecule has 1 fully saturated rings. The second-order valence-electron chi connectivity index (χ2n) is 4.84. The first kappa shape index (κ1) is 12.8. The van der Waals surface area contributed by atoms with Crippen LogP contribution in [-0.4, -0.2) is 30.9 Å². The zero-order valence-electron chi connectivity index (χ0n) is 10.4. The van der Waals surface area contributed by atoms with Crippen LogP contribution in [-0.2, 0) is 9.53 Å². The molecule has 1 atom stereocenters. The average molecular weight is 324 g/mol. The van der Waals surface area contributed by atoms with Crippen LogP contribution in [0.5, 0.6) is 0 Å². The van der Waals surface area contributed by atoms with Gasteiger partial charge < -0.3 is 9.64 Å². The number of Topliss-reactive ketones (excluding diaryl/α,β-unsaturated/α-hetero) is 1. The summed E-state index contributed by atoms with van der Waals surface area (Å²) in [5.74, 6) is -0.852. The molecular weight excluding hydrogens is 310 g/mol. The molecule has 0 aromatic heterocycles. The Morgan fingerprint density at radius 3 is 2.95 bits per heavy atom. The van der Waals surface area contributed by atoms with Gasteiger partial charge in [-0.1, -0.05) is 6.07 Å². The first-order chi connectivity index (χ1) is 9.18. The second-order valence-corrected chi connectivity index (χ2v) is 5.70. The van der Waals surface area contributed by atoms with Gasteiger partial charge in [0, 0.05) is 17.6 Å². The van der Waals surface area contributed by atoms with Crippen molar-refractivity contribution < 1.29 is 14.3 Å². The fraction of sp³-hybridized carbons (Fsp3) is 0.429. The highest BCUT2D eigenvalue weighted by Crippen LogP contribution is 2.34. The topological polar surface area (TPSA) is 46.6 Å². The number of ether oxygens (including phenoxy) is 1. The summed E-state index contributed by atoms with van der Waals surface area (Å²) in [7, 11) is 0. The lowest BCUT2D eigenvalue weighted by Crippen LogP contribution is -2.32. The number of carbonyl (C=O) groups is 2. The Balaban J connectivity index is 1.81. The van der Waals surface area contributed by atoms with Gasteiger partial charge in [0.05, 0.1) is 17.4 Å². The van der Waals surface area contributed by atoms with Crippen LogP contribution in [0.4, 0.5) is 5.69 Å². The molecule has 0 spiro atoms. The first-order valence-electron chi connectivity index (χ1n) is 6.45. The van der Waals surface area contributed by atoms with Crippen LogP contribution < -0.4 is 4.90 Å². The van der Waals surface area contributed by atoms with Crippen LogP contribution in [0.2, 0.25) is 0 Å². The molecule has 0 N–H and O–H groups in total. The molecular formula is C14H14BrNO3. The Morgan fingerprint density at radius 2 is 2.21 bits per heavy atom. The van der Waals surface area contributed by atoms with E-state index in [1.807, 2.05) is 12.1 Å². The van der Waals surface area contributed by atoms with E-state index >= 15 is 0 Å². The number of amides is 1. The molecule has 1 saturated heterocycles. The number of halogens is 1. The lowest BCUT2D eigenvalue weighted by molar-refractivity contribution is -0.114. The first-order valence-corrected chi connectivity index (χ1v) is 7.24. The number of anilines is 1. The summed E-state index contributed by atoms with van der Waals surface area (Å²) >= 11 is 3.34. The van der Waals surface area contributed by atoms with Crippen molar-refractivity contribution >= 4 is 33.3 Å². The van der Waals surface area contributed by atoms with Crippen LogP contribution in [0.3, 0.4) is 0 Å². The smallest absolute Gasteiger partial charge is 0.299 e. The van der Waals surface area contributed by atoms with E-state index in [1.165, 1.54) is 0 Å². The van der Waals surface area contributed by atoms with Gasteiger partial charge in [0.15, 0.2) is 0 Å². The largest absolute Gasteiger partial charge is 0.378 e. The normalized spacial score (nSPS) is 22.2. The Morgan fingerprint density at radius 1 is 1.37 bits per heavy atom. The monoisotopic (exact) mass is 323 g/mol. The molecule has 1 aromatic rings. The van der Waals surface area contributed by atoms with Crippen molar-refractivity contribution in [3.8, 4) is 0 Å². The minimum atomic E-state index is -0.431. The average Bonchev–Trinajstić information content (AvgIpc) is 2.98. The zero-order chi connectivity index (χ0) is 13.4. The van der Waals surface area contributed by atoms with E-state index in [9.17, 15) is 9.59 Å². The Bertz CT molecular complexity index is 537. The van der Waals surface area contributed by atoms with Gasteiger partial charge in [-0.15, -0.1) is 0 Å². The van der Waals surface area contributed by atoms with E-state index in [1.54, 1.807) is 11.0 Å². The molecule has 19 heavy (non-hydrogen) atoms. The third kappa shape index (κ3) is 2.21. The zero-order valence-corrected chi connectivity index (χ0v) is 12.0. The molecule has 2 heterocycles. The highest BCUT2D eigenvalue weighted by Gasteiger charge is 2.37. The maximum absolute atomic E-state index is 12.0. The standard InChI is InChI=1S/C14H14BrNO3/c15-10-4-1-5-11-12(10)13(17)14(18)16(11)7-6-9-3-2-8-19-9/h1,4-5,9H,2-3,6-8H2. The van der Waals surface area contributed by atoms with Crippen molar-refractivity contribution in [3.63, 3.8) is 0 Å². The molecule has 0 saturated carbocycles. The summed E-state index contributed by atoms with van der Waals surface area (Å²) < 4.78 is 6.24. The fourth-order valence-electron chi connectivity index (χ4n) is 2.67. The molecule has 2 aliphatic heterocycles. The number of fused-ring (bicyclic) bond motifs is 1. The second kappa shape index (κ2) is 5.06. The molecule has 1 aromatic carbocycles. The molecule has 2 aliphatic rings. The number of hydrogen-bond acceptors (Lipinski definition) is 3. The van der Waals surface area contributed by atoms with Crippen LogP contribution in [0, 0.1) is 0 Å². The van der Waals surface area contributed by atoms with Crippen LogP contribution >= 0.6 is 15.9 Å². The molecule has 0 bridgehead atoms. The Labute approximate surface area is 119 Å². The van der Waals surface area contributed by atoms with Gasteiger partial charge in [-0.2, -0.15) is 0 Å². The number of benzene rings is 1. The Kier molecular flexibility index (Phi) is 3.41. The minimum Gasteiger partial charge on any atom is -0.378 e. The predicted octanol–water partition coefficient (Wildman–Crippen LogP) is 2.55. The molecule has 0 radical (unpaired) electrons. The number of ketones is 1. The van der Waals surface area contributed by atoms with Crippen LogP contribution in [0.15, 0.2) is 22.7 Å². The number of hydrogen-bond donors (Lipinski definition) is 0. The highest BCUT2D eigenvalue weighted by molar-refractivity contribution is 9.10. The maximum atomic E-state index is 12.0. The molecule has 0 aliphatic carbocycles. The molecule has 5 heteroatoms. The molecule has 4 nitrogen and oxygen atoms in total. The third-order valence-corrected chi connectivity index (χ3v) is 4.31. The van der Waals surface area contributed by atoms with E-state index in [-0.39, 0.29) is 6.10 Å². The SMILES string of the molecule is O=C1C(=O)N(CCC2CCCO2)c2cccc(Br)c21. The highest BCUT2D eigenvalue weighted by atomic mass is 79.9. The van der Waals surface area contributed by atoms with E-state index in [2.05, 4.69) is 15.9 Å².